The Morgan fingerprint density at radius 1 is 1.27 bits per heavy atom. The fraction of sp³-hybridized carbons (Fsp3) is 0.619. The first-order valence-corrected chi connectivity index (χ1v) is 10.0. The second-order valence-corrected chi connectivity index (χ2v) is 7.92. The molecule has 0 saturated carbocycles. The first-order chi connectivity index (χ1) is 14.2. The maximum absolute atomic E-state index is 12.8. The normalized spacial score (nSPS) is 37.6. The number of carbonyl (C=O) groups excluding carboxylic acids is 2. The van der Waals surface area contributed by atoms with Crippen LogP contribution in [0.15, 0.2) is 35.5 Å². The number of hydrogen-bond acceptors (Lipinski definition) is 9. The molecule has 2 fully saturated rings. The first-order valence-electron chi connectivity index (χ1n) is 10.0. The van der Waals surface area contributed by atoms with E-state index in [1.165, 1.54) is 0 Å². The molecule has 1 aliphatic carbocycles. The highest BCUT2D eigenvalue weighted by molar-refractivity contribution is 5.91. The Labute approximate surface area is 174 Å². The van der Waals surface area contributed by atoms with Crippen LogP contribution in [0.4, 0.5) is 0 Å². The molecule has 3 aliphatic rings. The van der Waals surface area contributed by atoms with Crippen LogP contribution in [0.2, 0.25) is 0 Å². The van der Waals surface area contributed by atoms with Gasteiger partial charge in [-0.2, -0.15) is 0 Å². The zero-order valence-electron chi connectivity index (χ0n) is 16.8. The molecule has 2 saturated heterocycles. The van der Waals surface area contributed by atoms with E-state index >= 15 is 0 Å². The summed E-state index contributed by atoms with van der Waals surface area (Å²) in [7, 11) is 0. The predicted molar refractivity (Wildman–Crippen MR) is 103 cm³/mol. The van der Waals surface area contributed by atoms with E-state index in [9.17, 15) is 30.0 Å². The van der Waals surface area contributed by atoms with Crippen LogP contribution in [0.25, 0.3) is 0 Å². The van der Waals surface area contributed by atoms with Gasteiger partial charge in [-0.1, -0.05) is 18.2 Å². The van der Waals surface area contributed by atoms with Crippen LogP contribution in [0.1, 0.15) is 32.6 Å². The summed E-state index contributed by atoms with van der Waals surface area (Å²) in [5.41, 5.74) is 1.73. The Morgan fingerprint density at radius 2 is 2.00 bits per heavy atom. The van der Waals surface area contributed by atoms with Gasteiger partial charge in [-0.25, -0.2) is 9.59 Å². The van der Waals surface area contributed by atoms with Crippen LogP contribution < -0.4 is 0 Å². The van der Waals surface area contributed by atoms with E-state index in [0.29, 0.717) is 36.8 Å². The maximum atomic E-state index is 12.8. The highest BCUT2D eigenvalue weighted by atomic mass is 16.7. The first kappa shape index (κ1) is 22.6. The molecule has 0 amide bonds. The lowest BCUT2D eigenvalue weighted by Crippen LogP contribution is -2.59. The molecule has 0 radical (unpaired) electrons. The van der Waals surface area contributed by atoms with E-state index in [0.717, 1.165) is 5.57 Å². The van der Waals surface area contributed by atoms with Gasteiger partial charge in [0.1, 0.15) is 24.4 Å². The van der Waals surface area contributed by atoms with E-state index in [-0.39, 0.29) is 5.92 Å². The zero-order valence-corrected chi connectivity index (χ0v) is 16.8. The average Bonchev–Trinajstić information content (AvgIpc) is 2.97. The molecule has 4 N–H and O–H groups in total. The van der Waals surface area contributed by atoms with Crippen molar-refractivity contribution in [1.29, 1.82) is 0 Å². The van der Waals surface area contributed by atoms with Gasteiger partial charge in [-0.15, -0.1) is 0 Å². The van der Waals surface area contributed by atoms with E-state index in [2.05, 4.69) is 6.58 Å². The summed E-state index contributed by atoms with van der Waals surface area (Å²) in [4.78, 5) is 24.7. The van der Waals surface area contributed by atoms with Crippen molar-refractivity contribution in [2.75, 3.05) is 6.61 Å². The van der Waals surface area contributed by atoms with Crippen LogP contribution in [0.5, 0.6) is 0 Å². The minimum Gasteiger partial charge on any atom is -0.454 e. The average molecular weight is 424 g/mol. The molecule has 2 aliphatic heterocycles. The molecule has 0 aromatic heterocycles. The van der Waals surface area contributed by atoms with Crippen molar-refractivity contribution >= 4 is 11.9 Å². The highest BCUT2D eigenvalue weighted by Gasteiger charge is 2.46. The summed E-state index contributed by atoms with van der Waals surface area (Å²) in [6, 6.07) is 0. The van der Waals surface area contributed by atoms with Crippen molar-refractivity contribution in [1.82, 2.24) is 0 Å². The molecule has 0 aromatic rings. The monoisotopic (exact) mass is 424 g/mol. The van der Waals surface area contributed by atoms with Gasteiger partial charge < -0.3 is 34.6 Å². The number of ether oxygens (including phenoxy) is 3. The quantitative estimate of drug-likeness (QED) is 0.277. The number of hydrogen-bond donors (Lipinski definition) is 4. The smallest absolute Gasteiger partial charge is 0.334 e. The minimum absolute atomic E-state index is 0.257. The summed E-state index contributed by atoms with van der Waals surface area (Å²) in [6.07, 6.45) is -2.32. The van der Waals surface area contributed by atoms with Gasteiger partial charge in [0.15, 0.2) is 12.4 Å². The number of esters is 2. The van der Waals surface area contributed by atoms with Gasteiger partial charge in [0.25, 0.3) is 0 Å². The Morgan fingerprint density at radius 3 is 2.70 bits per heavy atom. The van der Waals surface area contributed by atoms with Gasteiger partial charge >= 0.3 is 11.9 Å². The topological polar surface area (TPSA) is 143 Å². The number of rotatable bonds is 3. The van der Waals surface area contributed by atoms with Crippen molar-refractivity contribution in [3.8, 4) is 0 Å². The van der Waals surface area contributed by atoms with Gasteiger partial charge in [-0.05, 0) is 38.7 Å². The molecule has 9 heteroatoms. The van der Waals surface area contributed by atoms with Crippen molar-refractivity contribution in [2.24, 2.45) is 5.92 Å². The second kappa shape index (κ2) is 9.40. The van der Waals surface area contributed by atoms with Crippen LogP contribution in [0.3, 0.4) is 0 Å². The summed E-state index contributed by atoms with van der Waals surface area (Å²) in [5.74, 6) is -1.42. The van der Waals surface area contributed by atoms with E-state index in [4.69, 9.17) is 14.2 Å². The largest absolute Gasteiger partial charge is 0.454 e. The van der Waals surface area contributed by atoms with E-state index in [1.54, 1.807) is 6.08 Å². The third-order valence-electron chi connectivity index (χ3n) is 5.80. The number of aliphatic hydroxyl groups is 4. The van der Waals surface area contributed by atoms with Crippen molar-refractivity contribution < 1.29 is 44.2 Å². The molecule has 3 rings (SSSR count). The molecule has 2 heterocycles. The lowest BCUT2D eigenvalue weighted by atomic mass is 9.88. The standard InChI is InChI=1S/C21H28O9/c1-10-4-3-5-12(6-7-13-11(2)19(25)28-14(13)8-10)20(26)30-18-15(9-22)29-21(27)17(24)16(18)23/h5,8,13-18,21-24,27H,2-4,6-7,9H2,1H3. The molecule has 7 atom stereocenters. The molecule has 166 valence electrons. The Hall–Kier alpha value is -2.04. The van der Waals surface area contributed by atoms with Crippen molar-refractivity contribution in [3.05, 3.63) is 35.5 Å². The van der Waals surface area contributed by atoms with Gasteiger partial charge in [0.05, 0.1) is 6.61 Å². The lowest BCUT2D eigenvalue weighted by Gasteiger charge is -2.39. The number of aliphatic hydroxyl groups excluding tert-OH is 4. The van der Waals surface area contributed by atoms with Crippen molar-refractivity contribution in [3.63, 3.8) is 0 Å². The fourth-order valence-electron chi connectivity index (χ4n) is 3.97. The Kier molecular flexibility index (Phi) is 7.10. The van der Waals surface area contributed by atoms with Crippen LogP contribution in [-0.4, -0.2) is 75.8 Å². The van der Waals surface area contributed by atoms with Crippen LogP contribution in [0, 0.1) is 5.92 Å². The molecule has 0 bridgehead atoms. The van der Waals surface area contributed by atoms with Gasteiger partial charge in [-0.3, -0.25) is 0 Å². The Bertz CT molecular complexity index is 754. The van der Waals surface area contributed by atoms with Gasteiger partial charge in [0, 0.05) is 17.1 Å². The SMILES string of the molecule is C=C1C(=O)OC2C=C(C)CCC=C(C(=O)OC3C(CO)OC(O)C(O)C3O)CCC12. The molecule has 7 unspecified atom stereocenters. The van der Waals surface area contributed by atoms with Gasteiger partial charge in [0.2, 0.25) is 0 Å². The lowest BCUT2D eigenvalue weighted by molar-refractivity contribution is -0.289. The zero-order chi connectivity index (χ0) is 22.0. The molecule has 9 nitrogen and oxygen atoms in total. The maximum Gasteiger partial charge on any atom is 0.334 e. The number of allylic oxidation sites excluding steroid dienone is 2. The van der Waals surface area contributed by atoms with Crippen molar-refractivity contribution in [2.45, 2.75) is 69.4 Å². The van der Waals surface area contributed by atoms with Crippen LogP contribution >= 0.6 is 0 Å². The predicted octanol–water partition coefficient (Wildman–Crippen LogP) is -0.126. The summed E-state index contributed by atoms with van der Waals surface area (Å²) < 4.78 is 15.8. The highest BCUT2D eigenvalue weighted by Crippen LogP contribution is 2.34. The molecular formula is C21H28O9. The molecule has 0 spiro atoms. The third-order valence-corrected chi connectivity index (χ3v) is 5.80. The fourth-order valence-corrected chi connectivity index (χ4v) is 3.97. The summed E-state index contributed by atoms with van der Waals surface area (Å²) in [5, 5.41) is 39.0. The Balaban J connectivity index is 1.75. The third kappa shape index (κ3) is 4.65. The summed E-state index contributed by atoms with van der Waals surface area (Å²) in [6.45, 7) is 5.12. The summed E-state index contributed by atoms with van der Waals surface area (Å²) >= 11 is 0. The number of fused-ring (bicyclic) bond motifs is 1. The minimum atomic E-state index is -1.70. The second-order valence-electron chi connectivity index (χ2n) is 7.92. The molecule has 30 heavy (non-hydrogen) atoms. The molecular weight excluding hydrogens is 396 g/mol. The molecule has 0 aromatic carbocycles. The van der Waals surface area contributed by atoms with E-state index in [1.807, 2.05) is 13.0 Å². The number of carbonyl (C=O) groups is 2. The van der Waals surface area contributed by atoms with Crippen LogP contribution in [-0.2, 0) is 23.8 Å². The van der Waals surface area contributed by atoms with E-state index < -0.39 is 55.4 Å².